The molecule has 0 fully saturated rings. The molecule has 0 aliphatic heterocycles. The van der Waals surface area contributed by atoms with Gasteiger partial charge in [-0.25, -0.2) is 0 Å². The highest BCUT2D eigenvalue weighted by Crippen LogP contribution is 2.33. The summed E-state index contributed by atoms with van der Waals surface area (Å²) in [6, 6.07) is 0.249. The number of thioether (sulfide) groups is 1. The fourth-order valence-corrected chi connectivity index (χ4v) is 2.20. The van der Waals surface area contributed by atoms with Crippen LogP contribution in [-0.2, 0) is 0 Å². The van der Waals surface area contributed by atoms with Crippen molar-refractivity contribution in [2.24, 2.45) is 0 Å². The third kappa shape index (κ3) is 5.19. The Kier molecular flexibility index (Phi) is 6.97. The monoisotopic (exact) mass is 296 g/mol. The summed E-state index contributed by atoms with van der Waals surface area (Å²) in [6.07, 6.45) is 0. The smallest absolute Gasteiger partial charge is 0.226 e. The molecule has 0 saturated heterocycles. The number of nitrogen functional groups attached to an aromatic ring is 1. The zero-order valence-corrected chi connectivity index (χ0v) is 12.7. The van der Waals surface area contributed by atoms with Gasteiger partial charge >= 0.3 is 0 Å². The number of hydrogen-bond donors (Lipinski definition) is 2. The summed E-state index contributed by atoms with van der Waals surface area (Å²) in [4.78, 5) is 9.10. The molecule has 0 bridgehead atoms. The summed E-state index contributed by atoms with van der Waals surface area (Å²) >= 11 is 7.64. The Balaban J connectivity index is 0.00000256. The highest BCUT2D eigenvalue weighted by atomic mass is 35.5. The lowest BCUT2D eigenvalue weighted by atomic mass is 10.4. The van der Waals surface area contributed by atoms with Gasteiger partial charge in [0.25, 0.3) is 0 Å². The number of hydrogen-bond acceptors (Lipinski definition) is 5. The average molecular weight is 297 g/mol. The number of anilines is 2. The first kappa shape index (κ1) is 16.6. The summed E-state index contributed by atoms with van der Waals surface area (Å²) < 4.78 is 0. The largest absolute Gasteiger partial charge is 0.383 e. The van der Waals surface area contributed by atoms with Crippen molar-refractivity contribution in [1.82, 2.24) is 9.97 Å². The zero-order chi connectivity index (χ0) is 12.3. The Morgan fingerprint density at radius 1 is 1.24 bits per heavy atom. The fraction of sp³-hybridized carbons (Fsp3) is 0.600. The van der Waals surface area contributed by atoms with Gasteiger partial charge in [-0.15, -0.1) is 24.2 Å². The SMILES string of the molecule is CC(C)Nc1nc(N)c(SC(C)C)c(Cl)n1.Cl. The van der Waals surface area contributed by atoms with E-state index in [1.807, 2.05) is 13.8 Å². The molecule has 17 heavy (non-hydrogen) atoms. The number of rotatable bonds is 4. The number of nitrogens with one attached hydrogen (secondary N) is 1. The predicted octanol–water partition coefficient (Wildman–Crippen LogP) is 3.45. The number of halogens is 2. The van der Waals surface area contributed by atoms with Crippen molar-refractivity contribution in [2.75, 3.05) is 11.1 Å². The molecule has 0 spiro atoms. The van der Waals surface area contributed by atoms with E-state index in [4.69, 9.17) is 17.3 Å². The quantitative estimate of drug-likeness (QED) is 0.658. The lowest BCUT2D eigenvalue weighted by molar-refractivity contribution is 0.872. The Labute approximate surface area is 118 Å². The number of nitrogens with zero attached hydrogens (tertiary/aromatic N) is 2. The fourth-order valence-electron chi connectivity index (χ4n) is 1.11. The second-order valence-corrected chi connectivity index (χ2v) is 5.96. The first-order chi connectivity index (χ1) is 7.40. The molecule has 1 heterocycles. The van der Waals surface area contributed by atoms with E-state index in [-0.39, 0.29) is 18.4 Å². The highest BCUT2D eigenvalue weighted by Gasteiger charge is 2.13. The van der Waals surface area contributed by atoms with Crippen molar-refractivity contribution in [3.05, 3.63) is 5.15 Å². The summed E-state index contributed by atoms with van der Waals surface area (Å²) in [5.74, 6) is 0.910. The van der Waals surface area contributed by atoms with Crippen LogP contribution in [0.5, 0.6) is 0 Å². The average Bonchev–Trinajstić information content (AvgIpc) is 2.10. The van der Waals surface area contributed by atoms with Gasteiger partial charge in [-0.2, -0.15) is 9.97 Å². The van der Waals surface area contributed by atoms with Gasteiger partial charge in [0.2, 0.25) is 5.95 Å². The molecule has 1 aromatic heterocycles. The van der Waals surface area contributed by atoms with E-state index < -0.39 is 0 Å². The van der Waals surface area contributed by atoms with Crippen LogP contribution in [0.15, 0.2) is 4.90 Å². The van der Waals surface area contributed by atoms with Crippen LogP contribution in [0, 0.1) is 0 Å². The van der Waals surface area contributed by atoms with Crippen molar-refractivity contribution in [1.29, 1.82) is 0 Å². The second kappa shape index (κ2) is 7.13. The van der Waals surface area contributed by atoms with E-state index in [0.717, 1.165) is 4.90 Å². The third-order valence-corrected chi connectivity index (χ3v) is 3.12. The van der Waals surface area contributed by atoms with Crippen molar-refractivity contribution < 1.29 is 0 Å². The van der Waals surface area contributed by atoms with E-state index in [2.05, 4.69) is 29.1 Å². The minimum atomic E-state index is 0. The molecule has 0 aliphatic rings. The van der Waals surface area contributed by atoms with Crippen LogP contribution in [0.25, 0.3) is 0 Å². The molecule has 4 nitrogen and oxygen atoms in total. The molecule has 0 atom stereocenters. The molecule has 0 saturated carbocycles. The van der Waals surface area contributed by atoms with Crippen LogP contribution >= 0.6 is 35.8 Å². The molecule has 0 unspecified atom stereocenters. The van der Waals surface area contributed by atoms with E-state index in [0.29, 0.717) is 22.2 Å². The Hall–Kier alpha value is -0.390. The van der Waals surface area contributed by atoms with Crippen molar-refractivity contribution in [3.63, 3.8) is 0 Å². The van der Waals surface area contributed by atoms with Crippen LogP contribution in [-0.4, -0.2) is 21.3 Å². The first-order valence-corrected chi connectivity index (χ1v) is 6.42. The van der Waals surface area contributed by atoms with Gasteiger partial charge < -0.3 is 11.1 Å². The summed E-state index contributed by atoms with van der Waals surface area (Å²) in [6.45, 7) is 8.15. The van der Waals surface area contributed by atoms with Gasteiger partial charge in [0.15, 0.2) is 0 Å². The molecule has 7 heteroatoms. The summed E-state index contributed by atoms with van der Waals surface area (Å²) in [7, 11) is 0. The minimum Gasteiger partial charge on any atom is -0.383 e. The predicted molar refractivity (Wildman–Crippen MR) is 78.5 cm³/mol. The van der Waals surface area contributed by atoms with E-state index >= 15 is 0 Å². The van der Waals surface area contributed by atoms with E-state index in [1.54, 1.807) is 11.8 Å². The molecule has 1 rings (SSSR count). The lowest BCUT2D eigenvalue weighted by Gasteiger charge is -2.12. The third-order valence-electron chi connectivity index (χ3n) is 1.62. The Bertz CT molecular complexity index is 348. The molecule has 0 aliphatic carbocycles. The van der Waals surface area contributed by atoms with Crippen molar-refractivity contribution in [2.45, 2.75) is 43.9 Å². The minimum absolute atomic E-state index is 0. The maximum Gasteiger partial charge on any atom is 0.226 e. The van der Waals surface area contributed by atoms with Crippen LogP contribution in [0.1, 0.15) is 27.7 Å². The lowest BCUT2D eigenvalue weighted by Crippen LogP contribution is -2.14. The molecule has 0 amide bonds. The van der Waals surface area contributed by atoms with Crippen LogP contribution in [0.4, 0.5) is 11.8 Å². The molecular weight excluding hydrogens is 279 g/mol. The van der Waals surface area contributed by atoms with Gasteiger partial charge in [0.05, 0.1) is 4.90 Å². The molecule has 98 valence electrons. The Morgan fingerprint density at radius 3 is 2.24 bits per heavy atom. The van der Waals surface area contributed by atoms with E-state index in [9.17, 15) is 0 Å². The van der Waals surface area contributed by atoms with Crippen LogP contribution in [0.3, 0.4) is 0 Å². The maximum atomic E-state index is 6.07. The van der Waals surface area contributed by atoms with Crippen molar-refractivity contribution >= 4 is 47.5 Å². The summed E-state index contributed by atoms with van der Waals surface area (Å²) in [5, 5.41) is 3.88. The van der Waals surface area contributed by atoms with Crippen LogP contribution in [0.2, 0.25) is 5.15 Å². The molecule has 1 aromatic rings. The van der Waals surface area contributed by atoms with Crippen molar-refractivity contribution in [3.8, 4) is 0 Å². The Morgan fingerprint density at radius 2 is 1.82 bits per heavy atom. The highest BCUT2D eigenvalue weighted by molar-refractivity contribution is 8.00. The maximum absolute atomic E-state index is 6.07. The molecule has 3 N–H and O–H groups in total. The number of nitrogens with two attached hydrogens (primary N) is 1. The van der Waals surface area contributed by atoms with Gasteiger partial charge in [-0.3, -0.25) is 0 Å². The number of aromatic nitrogens is 2. The molecule has 0 radical (unpaired) electrons. The molecular formula is C10H18Cl2N4S. The zero-order valence-electron chi connectivity index (χ0n) is 10.3. The first-order valence-electron chi connectivity index (χ1n) is 5.16. The second-order valence-electron chi connectivity index (χ2n) is 4.02. The van der Waals surface area contributed by atoms with Gasteiger partial charge in [0.1, 0.15) is 11.0 Å². The molecule has 0 aromatic carbocycles. The van der Waals surface area contributed by atoms with Gasteiger partial charge in [-0.1, -0.05) is 25.4 Å². The topological polar surface area (TPSA) is 63.8 Å². The van der Waals surface area contributed by atoms with Gasteiger partial charge in [0, 0.05) is 11.3 Å². The van der Waals surface area contributed by atoms with Crippen LogP contribution < -0.4 is 11.1 Å². The van der Waals surface area contributed by atoms with Gasteiger partial charge in [-0.05, 0) is 13.8 Å². The normalized spacial score (nSPS) is 10.5. The van der Waals surface area contributed by atoms with E-state index in [1.165, 1.54) is 0 Å². The standard InChI is InChI=1S/C10H17ClN4S.ClH/c1-5(2)13-10-14-8(11)7(9(12)15-10)16-6(3)4;/h5-6H,1-4H3,(H3,12,13,14,15);1H. The summed E-state index contributed by atoms with van der Waals surface area (Å²) in [5.41, 5.74) is 5.85.